The highest BCUT2D eigenvalue weighted by Crippen LogP contribution is 2.27. The molecule has 6 nitrogen and oxygen atoms in total. The number of nitrogens with one attached hydrogen (secondary N) is 1. The van der Waals surface area contributed by atoms with Gasteiger partial charge in [-0.2, -0.15) is 0 Å². The summed E-state index contributed by atoms with van der Waals surface area (Å²) in [6, 6.07) is 6.54. The molecule has 2 unspecified atom stereocenters. The molecule has 1 saturated heterocycles. The molecular formula is C18H28N4O2. The van der Waals surface area contributed by atoms with Crippen molar-refractivity contribution in [3.05, 3.63) is 30.1 Å². The predicted molar refractivity (Wildman–Crippen MR) is 92.4 cm³/mol. The average Bonchev–Trinajstić information content (AvgIpc) is 3.41. The number of carbonyl (C=O) groups is 1. The molecule has 1 aliphatic heterocycles. The maximum absolute atomic E-state index is 12.5. The van der Waals surface area contributed by atoms with Crippen LogP contribution < -0.4 is 5.32 Å². The summed E-state index contributed by atoms with van der Waals surface area (Å²) in [6.45, 7) is 5.46. The number of pyridine rings is 1. The third kappa shape index (κ3) is 4.45. The number of urea groups is 1. The van der Waals surface area contributed by atoms with Gasteiger partial charge in [0.2, 0.25) is 0 Å². The summed E-state index contributed by atoms with van der Waals surface area (Å²) >= 11 is 0. The molecule has 2 amide bonds. The van der Waals surface area contributed by atoms with Gasteiger partial charge in [0.05, 0.1) is 12.3 Å². The van der Waals surface area contributed by atoms with E-state index in [-0.39, 0.29) is 18.7 Å². The molecule has 2 heterocycles. The number of rotatable bonds is 6. The van der Waals surface area contributed by atoms with E-state index in [1.54, 1.807) is 4.90 Å². The van der Waals surface area contributed by atoms with Crippen LogP contribution in [0.2, 0.25) is 0 Å². The Hall–Kier alpha value is -1.66. The molecule has 0 radical (unpaired) electrons. The van der Waals surface area contributed by atoms with E-state index in [4.69, 9.17) is 5.11 Å². The Morgan fingerprint density at radius 3 is 2.88 bits per heavy atom. The molecule has 1 aromatic rings. The second-order valence-electron chi connectivity index (χ2n) is 7.03. The van der Waals surface area contributed by atoms with Gasteiger partial charge >= 0.3 is 6.03 Å². The van der Waals surface area contributed by atoms with Gasteiger partial charge in [-0.15, -0.1) is 0 Å². The highest BCUT2D eigenvalue weighted by molar-refractivity contribution is 5.75. The lowest BCUT2D eigenvalue weighted by Crippen LogP contribution is -2.53. The number of hydrogen-bond donors (Lipinski definition) is 2. The summed E-state index contributed by atoms with van der Waals surface area (Å²) in [5.74, 6) is 0.404. The summed E-state index contributed by atoms with van der Waals surface area (Å²) in [4.78, 5) is 21.1. The van der Waals surface area contributed by atoms with Crippen molar-refractivity contribution in [2.24, 2.45) is 5.92 Å². The molecule has 132 valence electrons. The Morgan fingerprint density at radius 2 is 2.25 bits per heavy atom. The van der Waals surface area contributed by atoms with Crippen LogP contribution in [0.15, 0.2) is 24.4 Å². The maximum Gasteiger partial charge on any atom is 0.317 e. The number of aliphatic hydroxyl groups excluding tert-OH is 1. The second kappa shape index (κ2) is 7.94. The van der Waals surface area contributed by atoms with Crippen molar-refractivity contribution in [2.75, 3.05) is 26.2 Å². The van der Waals surface area contributed by atoms with E-state index in [1.807, 2.05) is 18.3 Å². The molecule has 1 aliphatic carbocycles. The summed E-state index contributed by atoms with van der Waals surface area (Å²) in [5, 5.41) is 12.4. The molecule has 24 heavy (non-hydrogen) atoms. The Bertz CT molecular complexity index is 535. The van der Waals surface area contributed by atoms with Crippen LogP contribution in [0.1, 0.15) is 31.9 Å². The molecule has 2 N–H and O–H groups in total. The Morgan fingerprint density at radius 1 is 1.42 bits per heavy atom. The van der Waals surface area contributed by atoms with Gasteiger partial charge < -0.3 is 15.3 Å². The van der Waals surface area contributed by atoms with E-state index < -0.39 is 0 Å². The first-order valence-corrected chi connectivity index (χ1v) is 8.97. The topological polar surface area (TPSA) is 68.7 Å². The summed E-state index contributed by atoms with van der Waals surface area (Å²) in [6.07, 6.45) is 4.91. The molecule has 0 spiro atoms. The third-order valence-electron chi connectivity index (χ3n) is 5.00. The zero-order chi connectivity index (χ0) is 16.9. The standard InChI is InChI=1S/C18H28N4O2/c1-14-12-21(13-15-4-2-3-8-19-15)9-7-17(14)20-18(24)22(10-11-23)16-5-6-16/h2-4,8,14,16-17,23H,5-7,9-13H2,1H3,(H,20,24). The lowest BCUT2D eigenvalue weighted by atomic mass is 9.94. The highest BCUT2D eigenvalue weighted by Gasteiger charge is 2.34. The number of nitrogens with zero attached hydrogens (tertiary/aromatic N) is 3. The third-order valence-corrected chi connectivity index (χ3v) is 5.00. The van der Waals surface area contributed by atoms with Crippen molar-refractivity contribution in [2.45, 2.75) is 44.8 Å². The molecule has 0 aromatic carbocycles. The molecule has 2 fully saturated rings. The normalized spacial score (nSPS) is 24.6. The average molecular weight is 332 g/mol. The Balaban J connectivity index is 1.49. The van der Waals surface area contributed by atoms with Gasteiger partial charge in [-0.3, -0.25) is 9.88 Å². The molecule has 6 heteroatoms. The van der Waals surface area contributed by atoms with Gasteiger partial charge in [-0.1, -0.05) is 13.0 Å². The largest absolute Gasteiger partial charge is 0.395 e. The van der Waals surface area contributed by atoms with E-state index in [0.717, 1.165) is 44.6 Å². The van der Waals surface area contributed by atoms with Gasteiger partial charge in [-0.25, -0.2) is 4.79 Å². The second-order valence-corrected chi connectivity index (χ2v) is 7.03. The smallest absolute Gasteiger partial charge is 0.317 e. The predicted octanol–water partition coefficient (Wildman–Crippen LogP) is 1.46. The molecule has 3 rings (SSSR count). The summed E-state index contributed by atoms with van der Waals surface area (Å²) in [7, 11) is 0. The molecule has 1 saturated carbocycles. The SMILES string of the molecule is CC1CN(Cc2ccccn2)CCC1NC(=O)N(CCO)C1CC1. The van der Waals surface area contributed by atoms with E-state index in [0.29, 0.717) is 18.5 Å². The minimum Gasteiger partial charge on any atom is -0.395 e. The van der Waals surface area contributed by atoms with Crippen LogP contribution in [0.4, 0.5) is 4.79 Å². The van der Waals surface area contributed by atoms with Crippen LogP contribution in [0.3, 0.4) is 0 Å². The van der Waals surface area contributed by atoms with Gasteiger partial charge in [0, 0.05) is 44.5 Å². The molecular weight excluding hydrogens is 304 g/mol. The fourth-order valence-corrected chi connectivity index (χ4v) is 3.50. The van der Waals surface area contributed by atoms with Crippen molar-refractivity contribution in [1.29, 1.82) is 0 Å². The quantitative estimate of drug-likeness (QED) is 0.827. The van der Waals surface area contributed by atoms with Gasteiger partial charge in [0.15, 0.2) is 0 Å². The first-order valence-electron chi connectivity index (χ1n) is 8.97. The Kier molecular flexibility index (Phi) is 5.68. The van der Waals surface area contributed by atoms with Crippen molar-refractivity contribution in [3.8, 4) is 0 Å². The maximum atomic E-state index is 12.5. The van der Waals surface area contributed by atoms with E-state index >= 15 is 0 Å². The van der Waals surface area contributed by atoms with Gasteiger partial charge in [0.1, 0.15) is 0 Å². The molecule has 1 aromatic heterocycles. The van der Waals surface area contributed by atoms with E-state index in [9.17, 15) is 4.79 Å². The van der Waals surface area contributed by atoms with Crippen LogP contribution in [-0.2, 0) is 6.54 Å². The zero-order valence-corrected chi connectivity index (χ0v) is 14.4. The monoisotopic (exact) mass is 332 g/mol. The van der Waals surface area contributed by atoms with Crippen molar-refractivity contribution in [3.63, 3.8) is 0 Å². The fourth-order valence-electron chi connectivity index (χ4n) is 3.50. The molecule has 2 aliphatic rings. The summed E-state index contributed by atoms with van der Waals surface area (Å²) < 4.78 is 0. The first kappa shape index (κ1) is 17.2. The first-order chi connectivity index (χ1) is 11.7. The van der Waals surface area contributed by atoms with Crippen LogP contribution >= 0.6 is 0 Å². The fraction of sp³-hybridized carbons (Fsp3) is 0.667. The number of carbonyl (C=O) groups excluding carboxylic acids is 1. The van der Waals surface area contributed by atoms with Crippen LogP contribution in [0.5, 0.6) is 0 Å². The zero-order valence-electron chi connectivity index (χ0n) is 14.4. The lowest BCUT2D eigenvalue weighted by Gasteiger charge is -2.38. The summed E-state index contributed by atoms with van der Waals surface area (Å²) in [5.41, 5.74) is 1.09. The van der Waals surface area contributed by atoms with Crippen molar-refractivity contribution in [1.82, 2.24) is 20.1 Å². The highest BCUT2D eigenvalue weighted by atomic mass is 16.3. The van der Waals surface area contributed by atoms with Crippen molar-refractivity contribution >= 4 is 6.03 Å². The minimum absolute atomic E-state index is 0.0124. The van der Waals surface area contributed by atoms with Crippen LogP contribution in [0.25, 0.3) is 0 Å². The Labute approximate surface area is 143 Å². The van der Waals surface area contributed by atoms with E-state index in [1.165, 1.54) is 0 Å². The number of amides is 2. The van der Waals surface area contributed by atoms with Crippen LogP contribution in [-0.4, -0.2) is 64.2 Å². The van der Waals surface area contributed by atoms with Gasteiger partial charge in [0.25, 0.3) is 0 Å². The number of aromatic nitrogens is 1. The number of hydrogen-bond acceptors (Lipinski definition) is 4. The number of likely N-dealkylation sites (tertiary alicyclic amines) is 1. The molecule has 0 bridgehead atoms. The van der Waals surface area contributed by atoms with Crippen molar-refractivity contribution < 1.29 is 9.90 Å². The lowest BCUT2D eigenvalue weighted by molar-refractivity contribution is 0.128. The van der Waals surface area contributed by atoms with Crippen LogP contribution in [0, 0.1) is 5.92 Å². The number of piperidine rings is 1. The van der Waals surface area contributed by atoms with E-state index in [2.05, 4.69) is 28.2 Å². The molecule has 2 atom stereocenters. The minimum atomic E-state index is -0.0124. The number of aliphatic hydroxyl groups is 1. The van der Waals surface area contributed by atoms with Gasteiger partial charge in [-0.05, 0) is 37.3 Å².